The smallest absolute Gasteiger partial charge is 0.140 e. The van der Waals surface area contributed by atoms with Crippen LogP contribution in [-0.2, 0) is 0 Å². The minimum absolute atomic E-state index is 0.738. The van der Waals surface area contributed by atoms with E-state index in [9.17, 15) is 5.11 Å². The van der Waals surface area contributed by atoms with Gasteiger partial charge in [0.05, 0.1) is 0 Å². The summed E-state index contributed by atoms with van der Waals surface area (Å²) >= 11 is 0. The van der Waals surface area contributed by atoms with Crippen LogP contribution in [0.3, 0.4) is 0 Å². The largest absolute Gasteiger partial charge is 0.376 e. The van der Waals surface area contributed by atoms with Gasteiger partial charge in [0.1, 0.15) is 6.10 Å². The summed E-state index contributed by atoms with van der Waals surface area (Å²) in [6, 6.07) is 17.8. The molecule has 1 heterocycles. The Morgan fingerprint density at radius 2 is 1.57 bits per heavy atom. The highest BCUT2D eigenvalue weighted by Gasteiger charge is 2.12. The van der Waals surface area contributed by atoms with Crippen molar-refractivity contribution >= 4 is 5.69 Å². The molecular weight excluding hydrogens is 258 g/mol. The Morgan fingerprint density at radius 3 is 2.24 bits per heavy atom. The van der Waals surface area contributed by atoms with Crippen molar-refractivity contribution in [3.63, 3.8) is 0 Å². The summed E-state index contributed by atoms with van der Waals surface area (Å²) in [4.78, 5) is 2.38. The molecule has 1 unspecified atom stereocenters. The van der Waals surface area contributed by atoms with Crippen molar-refractivity contribution in [2.45, 2.75) is 18.9 Å². The summed E-state index contributed by atoms with van der Waals surface area (Å²) in [7, 11) is 0. The van der Waals surface area contributed by atoms with E-state index in [1.165, 1.54) is 18.5 Å². The van der Waals surface area contributed by atoms with Crippen LogP contribution >= 0.6 is 0 Å². The predicted molar refractivity (Wildman–Crippen MR) is 86.2 cm³/mol. The lowest BCUT2D eigenvalue weighted by Crippen LogP contribution is -2.17. The van der Waals surface area contributed by atoms with E-state index in [1.54, 1.807) is 0 Å². The normalized spacial score (nSPS) is 15.4. The molecule has 2 aromatic rings. The third kappa shape index (κ3) is 3.45. The Labute approximate surface area is 126 Å². The second kappa shape index (κ2) is 6.47. The summed E-state index contributed by atoms with van der Waals surface area (Å²) < 4.78 is 0. The maximum atomic E-state index is 10.2. The highest BCUT2D eigenvalue weighted by atomic mass is 16.3. The Kier molecular flexibility index (Phi) is 4.23. The molecule has 1 atom stereocenters. The second-order valence-electron chi connectivity index (χ2n) is 5.32. The van der Waals surface area contributed by atoms with Crippen molar-refractivity contribution in [3.05, 3.63) is 65.7 Å². The fourth-order valence-corrected chi connectivity index (χ4v) is 2.60. The van der Waals surface area contributed by atoms with Crippen molar-refractivity contribution in [2.24, 2.45) is 0 Å². The van der Waals surface area contributed by atoms with Gasteiger partial charge in [-0.2, -0.15) is 0 Å². The zero-order valence-electron chi connectivity index (χ0n) is 12.0. The Balaban J connectivity index is 1.70. The molecule has 1 aliphatic heterocycles. The molecule has 2 aromatic carbocycles. The molecule has 2 nitrogen and oxygen atoms in total. The number of nitrogens with zero attached hydrogens (tertiary/aromatic N) is 1. The molecule has 0 radical (unpaired) electrons. The lowest BCUT2D eigenvalue weighted by Gasteiger charge is -2.18. The molecular formula is C19H19NO. The standard InChI is InChI=1S/C19H19NO/c21-19(13-8-16-6-2-1-3-7-16)17-9-11-18(12-10-17)20-14-4-5-15-20/h1-3,6-7,9-12,19,21H,4-5,14-15H2. The Hall–Kier alpha value is -2.24. The van der Waals surface area contributed by atoms with Crippen molar-refractivity contribution in [3.8, 4) is 11.8 Å². The number of aliphatic hydroxyl groups is 1. The van der Waals surface area contributed by atoms with E-state index >= 15 is 0 Å². The van der Waals surface area contributed by atoms with Crippen LogP contribution < -0.4 is 4.90 Å². The lowest BCUT2D eigenvalue weighted by atomic mass is 10.1. The van der Waals surface area contributed by atoms with Gasteiger partial charge >= 0.3 is 0 Å². The zero-order valence-corrected chi connectivity index (χ0v) is 12.0. The van der Waals surface area contributed by atoms with Crippen LogP contribution in [0.5, 0.6) is 0 Å². The molecule has 0 amide bonds. The molecule has 0 spiro atoms. The molecule has 3 rings (SSSR count). The van der Waals surface area contributed by atoms with E-state index < -0.39 is 6.10 Å². The SMILES string of the molecule is OC(C#Cc1ccccc1)c1ccc(N2CCCC2)cc1. The van der Waals surface area contributed by atoms with Gasteiger partial charge in [0, 0.05) is 24.3 Å². The minimum atomic E-state index is -0.738. The maximum Gasteiger partial charge on any atom is 0.140 e. The first kappa shape index (κ1) is 13.7. The molecule has 0 saturated carbocycles. The summed E-state index contributed by atoms with van der Waals surface area (Å²) in [6.07, 6.45) is 1.80. The van der Waals surface area contributed by atoms with Gasteiger partial charge < -0.3 is 10.0 Å². The molecule has 1 fully saturated rings. The highest BCUT2D eigenvalue weighted by Crippen LogP contribution is 2.22. The van der Waals surface area contributed by atoms with Crippen LogP contribution in [0.1, 0.15) is 30.1 Å². The van der Waals surface area contributed by atoms with Crippen LogP contribution in [0, 0.1) is 11.8 Å². The molecule has 106 valence electrons. The quantitative estimate of drug-likeness (QED) is 0.851. The number of hydrogen-bond acceptors (Lipinski definition) is 2. The average molecular weight is 277 g/mol. The minimum Gasteiger partial charge on any atom is -0.376 e. The first-order valence-corrected chi connectivity index (χ1v) is 7.42. The number of hydrogen-bond donors (Lipinski definition) is 1. The molecule has 1 N–H and O–H groups in total. The fourth-order valence-electron chi connectivity index (χ4n) is 2.60. The van der Waals surface area contributed by atoms with Crippen molar-refractivity contribution in [1.29, 1.82) is 0 Å². The van der Waals surface area contributed by atoms with E-state index in [0.29, 0.717) is 0 Å². The lowest BCUT2D eigenvalue weighted by molar-refractivity contribution is 0.238. The van der Waals surface area contributed by atoms with Crippen LogP contribution in [-0.4, -0.2) is 18.2 Å². The third-order valence-corrected chi connectivity index (χ3v) is 3.81. The van der Waals surface area contributed by atoms with Crippen LogP contribution in [0.25, 0.3) is 0 Å². The molecule has 1 aliphatic rings. The van der Waals surface area contributed by atoms with Crippen molar-refractivity contribution < 1.29 is 5.11 Å². The van der Waals surface area contributed by atoms with Gasteiger partial charge in [-0.05, 0) is 42.7 Å². The molecule has 2 heteroatoms. The van der Waals surface area contributed by atoms with Crippen molar-refractivity contribution in [2.75, 3.05) is 18.0 Å². The average Bonchev–Trinajstić information content (AvgIpc) is 3.08. The molecule has 0 bridgehead atoms. The van der Waals surface area contributed by atoms with E-state index in [1.807, 2.05) is 42.5 Å². The summed E-state index contributed by atoms with van der Waals surface area (Å²) in [5.41, 5.74) is 3.01. The Bertz CT molecular complexity index is 631. The number of anilines is 1. The number of rotatable bonds is 2. The molecule has 1 saturated heterocycles. The number of aliphatic hydroxyl groups excluding tert-OH is 1. The summed E-state index contributed by atoms with van der Waals surface area (Å²) in [6.45, 7) is 2.27. The summed E-state index contributed by atoms with van der Waals surface area (Å²) in [5, 5.41) is 10.2. The molecule has 0 aromatic heterocycles. The van der Waals surface area contributed by atoms with Crippen molar-refractivity contribution in [1.82, 2.24) is 0 Å². The van der Waals surface area contributed by atoms with Crippen LogP contribution in [0.4, 0.5) is 5.69 Å². The maximum absolute atomic E-state index is 10.2. The monoisotopic (exact) mass is 277 g/mol. The third-order valence-electron chi connectivity index (χ3n) is 3.81. The van der Waals surface area contributed by atoms with Gasteiger partial charge in [-0.25, -0.2) is 0 Å². The molecule has 0 aliphatic carbocycles. The van der Waals surface area contributed by atoms with E-state index in [-0.39, 0.29) is 0 Å². The van der Waals surface area contributed by atoms with Gasteiger partial charge in [-0.15, -0.1) is 0 Å². The molecule has 21 heavy (non-hydrogen) atoms. The van der Waals surface area contributed by atoms with Gasteiger partial charge in [-0.3, -0.25) is 0 Å². The predicted octanol–water partition coefficient (Wildman–Crippen LogP) is 3.37. The Morgan fingerprint density at radius 1 is 0.905 bits per heavy atom. The van der Waals surface area contributed by atoms with Gasteiger partial charge in [0.25, 0.3) is 0 Å². The van der Waals surface area contributed by atoms with Gasteiger partial charge in [0.15, 0.2) is 0 Å². The second-order valence-corrected chi connectivity index (χ2v) is 5.32. The number of benzene rings is 2. The van der Waals surface area contributed by atoms with Gasteiger partial charge in [-0.1, -0.05) is 42.2 Å². The fraction of sp³-hybridized carbons (Fsp3) is 0.263. The van der Waals surface area contributed by atoms with E-state index in [2.05, 4.69) is 28.9 Å². The first-order valence-electron chi connectivity index (χ1n) is 7.42. The van der Waals surface area contributed by atoms with Crippen LogP contribution in [0.2, 0.25) is 0 Å². The van der Waals surface area contributed by atoms with Crippen LogP contribution in [0.15, 0.2) is 54.6 Å². The van der Waals surface area contributed by atoms with Gasteiger partial charge in [0.2, 0.25) is 0 Å². The first-order chi connectivity index (χ1) is 10.3. The topological polar surface area (TPSA) is 23.5 Å². The summed E-state index contributed by atoms with van der Waals surface area (Å²) in [5.74, 6) is 5.90. The van der Waals surface area contributed by atoms with E-state index in [4.69, 9.17) is 0 Å². The van der Waals surface area contributed by atoms with E-state index in [0.717, 1.165) is 24.2 Å². The zero-order chi connectivity index (χ0) is 14.5. The highest BCUT2D eigenvalue weighted by molar-refractivity contribution is 5.49.